The highest BCUT2D eigenvalue weighted by Crippen LogP contribution is 2.39. The Labute approximate surface area is 202 Å². The van der Waals surface area contributed by atoms with Gasteiger partial charge in [-0.25, -0.2) is 4.99 Å². The van der Waals surface area contributed by atoms with Gasteiger partial charge >= 0.3 is 6.18 Å². The first-order valence-electron chi connectivity index (χ1n) is 9.35. The van der Waals surface area contributed by atoms with E-state index in [2.05, 4.69) is 25.0 Å². The number of aromatic nitrogens is 2. The van der Waals surface area contributed by atoms with Crippen LogP contribution in [-0.2, 0) is 12.7 Å². The minimum Gasteiger partial charge on any atom is -0.492 e. The van der Waals surface area contributed by atoms with Crippen molar-refractivity contribution in [2.45, 2.75) is 32.0 Å². The van der Waals surface area contributed by atoms with Crippen molar-refractivity contribution in [3.63, 3.8) is 0 Å². The van der Waals surface area contributed by atoms with Crippen molar-refractivity contribution in [2.24, 2.45) is 10.7 Å². The van der Waals surface area contributed by atoms with Crippen LogP contribution in [0.5, 0.6) is 5.88 Å². The van der Waals surface area contributed by atoms with Gasteiger partial charge in [-0.3, -0.25) is 9.17 Å². The number of hydrogen-bond donors (Lipinski definition) is 7. The first kappa shape index (κ1) is 25.8. The van der Waals surface area contributed by atoms with E-state index in [1.54, 1.807) is 0 Å². The Morgan fingerprint density at radius 1 is 1.38 bits per heavy atom. The van der Waals surface area contributed by atoms with E-state index in [1.807, 2.05) is 0 Å². The van der Waals surface area contributed by atoms with E-state index >= 15 is 0 Å². The fraction of sp³-hybridized carbons (Fsp3) is 0.278. The maximum Gasteiger partial charge on any atom is 0.418 e. The SMILES string of the molecule is CC(O)C(O)N=C(N)c1c(Nc2nc(O)c(CNc3c(Cl)cccc3C(F)(F)F)s2)s[nH]c1=O. The number of alkyl halides is 3. The van der Waals surface area contributed by atoms with Gasteiger partial charge in [-0.2, -0.15) is 18.2 Å². The number of aliphatic hydroxyl groups is 2. The summed E-state index contributed by atoms with van der Waals surface area (Å²) in [6.07, 6.45) is -7.42. The van der Waals surface area contributed by atoms with Gasteiger partial charge in [0.2, 0.25) is 5.88 Å². The average molecular weight is 539 g/mol. The van der Waals surface area contributed by atoms with Gasteiger partial charge in [-0.05, 0) is 30.6 Å². The van der Waals surface area contributed by atoms with E-state index in [-0.39, 0.29) is 43.7 Å². The number of anilines is 3. The number of rotatable bonds is 8. The predicted octanol–water partition coefficient (Wildman–Crippen LogP) is 3.03. The molecule has 8 N–H and O–H groups in total. The molecule has 0 fully saturated rings. The molecule has 2 unspecified atom stereocenters. The number of halogens is 4. The van der Waals surface area contributed by atoms with Crippen LogP contribution in [0.4, 0.5) is 29.0 Å². The monoisotopic (exact) mass is 538 g/mol. The Morgan fingerprint density at radius 2 is 2.09 bits per heavy atom. The Balaban J connectivity index is 1.82. The molecule has 0 amide bonds. The number of aliphatic imine (C=N–C) groups is 1. The van der Waals surface area contributed by atoms with Crippen molar-refractivity contribution < 1.29 is 28.5 Å². The maximum atomic E-state index is 13.3. The molecule has 1 aromatic carbocycles. The van der Waals surface area contributed by atoms with Crippen molar-refractivity contribution in [3.05, 3.63) is 49.6 Å². The van der Waals surface area contributed by atoms with Crippen LogP contribution >= 0.6 is 34.5 Å². The number of aromatic amines is 1. The molecular weight excluding hydrogens is 521 g/mol. The molecule has 0 saturated carbocycles. The first-order chi connectivity index (χ1) is 15.9. The lowest BCUT2D eigenvalue weighted by molar-refractivity contribution is -0.136. The summed E-state index contributed by atoms with van der Waals surface area (Å²) in [6.45, 7) is 1.06. The Hall–Kier alpha value is -2.85. The molecular formula is C18H18ClF3N6O4S2. The van der Waals surface area contributed by atoms with Crippen LogP contribution < -0.4 is 21.9 Å². The first-order valence-corrected chi connectivity index (χ1v) is 11.4. The van der Waals surface area contributed by atoms with Gasteiger partial charge in [0.1, 0.15) is 16.4 Å². The minimum absolute atomic E-state index is 0.102. The summed E-state index contributed by atoms with van der Waals surface area (Å²) in [4.78, 5) is 19.9. The summed E-state index contributed by atoms with van der Waals surface area (Å²) in [5, 5.41) is 34.6. The summed E-state index contributed by atoms with van der Waals surface area (Å²) in [5.74, 6) is -0.796. The number of nitrogens with one attached hydrogen (secondary N) is 3. The third-order valence-electron chi connectivity index (χ3n) is 4.30. The van der Waals surface area contributed by atoms with Gasteiger partial charge in [0.25, 0.3) is 5.56 Å². The molecule has 0 aliphatic carbocycles. The zero-order valence-electron chi connectivity index (χ0n) is 17.1. The summed E-state index contributed by atoms with van der Waals surface area (Å²) < 4.78 is 42.2. The summed E-state index contributed by atoms with van der Waals surface area (Å²) >= 11 is 7.66. The topological polar surface area (TPSA) is 169 Å². The molecule has 2 aromatic heterocycles. The number of nitrogens with zero attached hydrogens (tertiary/aromatic N) is 2. The molecule has 0 spiro atoms. The van der Waals surface area contributed by atoms with E-state index < -0.39 is 35.5 Å². The Kier molecular flexibility index (Phi) is 7.72. The van der Waals surface area contributed by atoms with Crippen LogP contribution in [0.2, 0.25) is 5.02 Å². The van der Waals surface area contributed by atoms with Crippen LogP contribution in [0, 0.1) is 0 Å². The lowest BCUT2D eigenvalue weighted by Crippen LogP contribution is -2.28. The van der Waals surface area contributed by atoms with E-state index in [0.717, 1.165) is 28.9 Å². The third kappa shape index (κ3) is 5.79. The Bertz CT molecular complexity index is 1260. The molecule has 184 valence electrons. The van der Waals surface area contributed by atoms with Crippen molar-refractivity contribution in [1.82, 2.24) is 9.36 Å². The molecule has 3 rings (SSSR count). The summed E-state index contributed by atoms with van der Waals surface area (Å²) in [6, 6.07) is 3.36. The minimum atomic E-state index is -4.64. The molecule has 0 saturated heterocycles. The molecule has 2 heterocycles. The van der Waals surface area contributed by atoms with E-state index in [4.69, 9.17) is 17.3 Å². The van der Waals surface area contributed by atoms with Crippen molar-refractivity contribution in [1.29, 1.82) is 0 Å². The molecule has 0 aliphatic heterocycles. The number of aromatic hydroxyl groups is 1. The number of amidine groups is 1. The fourth-order valence-corrected chi connectivity index (χ4v) is 4.51. The zero-order valence-corrected chi connectivity index (χ0v) is 19.5. The lowest BCUT2D eigenvalue weighted by Gasteiger charge is -2.15. The molecule has 0 radical (unpaired) electrons. The van der Waals surface area contributed by atoms with Crippen LogP contribution in [0.3, 0.4) is 0 Å². The van der Waals surface area contributed by atoms with Gasteiger partial charge in [0.15, 0.2) is 11.4 Å². The molecule has 34 heavy (non-hydrogen) atoms. The van der Waals surface area contributed by atoms with Gasteiger partial charge in [0, 0.05) is 0 Å². The van der Waals surface area contributed by atoms with E-state index in [0.29, 0.717) is 0 Å². The molecule has 3 aromatic rings. The second kappa shape index (κ2) is 10.2. The van der Waals surface area contributed by atoms with E-state index in [9.17, 15) is 33.3 Å². The lowest BCUT2D eigenvalue weighted by atomic mass is 10.1. The summed E-state index contributed by atoms with van der Waals surface area (Å²) in [7, 11) is 0. The Morgan fingerprint density at radius 3 is 2.74 bits per heavy atom. The van der Waals surface area contributed by atoms with Gasteiger partial charge < -0.3 is 31.7 Å². The third-order valence-corrected chi connectivity index (χ3v) is 6.37. The predicted molar refractivity (Wildman–Crippen MR) is 124 cm³/mol. The van der Waals surface area contributed by atoms with Crippen LogP contribution in [-0.4, -0.2) is 42.8 Å². The molecule has 2 atom stereocenters. The van der Waals surface area contributed by atoms with Crippen molar-refractivity contribution >= 4 is 56.1 Å². The zero-order chi connectivity index (χ0) is 25.2. The van der Waals surface area contributed by atoms with Gasteiger partial charge in [-0.1, -0.05) is 29.0 Å². The quantitative estimate of drug-likeness (QED) is 0.169. The number of benzene rings is 1. The molecule has 0 bridgehead atoms. The number of H-pyrrole nitrogens is 1. The van der Waals surface area contributed by atoms with Crippen LogP contribution in [0.1, 0.15) is 22.9 Å². The highest BCUT2D eigenvalue weighted by Gasteiger charge is 2.34. The van der Waals surface area contributed by atoms with E-state index in [1.165, 1.54) is 19.1 Å². The fourth-order valence-electron chi connectivity index (χ4n) is 2.66. The van der Waals surface area contributed by atoms with Crippen molar-refractivity contribution in [2.75, 3.05) is 10.6 Å². The average Bonchev–Trinajstić information content (AvgIpc) is 3.27. The number of aliphatic hydroxyl groups excluding tert-OH is 2. The highest BCUT2D eigenvalue weighted by molar-refractivity contribution is 7.16. The normalized spacial score (nSPS) is 14.1. The number of para-hydroxylation sites is 1. The smallest absolute Gasteiger partial charge is 0.418 e. The molecule has 10 nitrogen and oxygen atoms in total. The van der Waals surface area contributed by atoms with Crippen LogP contribution in [0.15, 0.2) is 28.0 Å². The van der Waals surface area contributed by atoms with Crippen LogP contribution in [0.25, 0.3) is 0 Å². The second-order valence-corrected chi connectivity index (χ2v) is 9.12. The molecule has 16 heteroatoms. The number of hydrogen-bond acceptors (Lipinski definition) is 10. The summed E-state index contributed by atoms with van der Waals surface area (Å²) in [5.41, 5.74) is 3.75. The van der Waals surface area contributed by atoms with Gasteiger partial charge in [-0.15, -0.1) is 0 Å². The largest absolute Gasteiger partial charge is 0.492 e. The standard InChI is InChI=1S/C18H18ClF3N6O4S2/c1-6(29)13(30)25-12(23)10-15(32)28-34-16(10)27-17-26-14(31)9(33-17)5-24-11-7(18(20,21)22)3-2-4-8(11)19/h2-4,6,13,24,29-31H,5H2,1H3,(H2,23,25)(H,26,27)(H,28,32). The second-order valence-electron chi connectivity index (χ2n) is 6.81. The molecule has 0 aliphatic rings. The van der Waals surface area contributed by atoms with Crippen molar-refractivity contribution in [3.8, 4) is 5.88 Å². The van der Waals surface area contributed by atoms with Gasteiger partial charge in [0.05, 0.1) is 33.8 Å². The number of thiazole rings is 1. The number of nitrogens with two attached hydrogens (primary N) is 1. The maximum absolute atomic E-state index is 13.3. The highest BCUT2D eigenvalue weighted by atomic mass is 35.5.